The van der Waals surface area contributed by atoms with Crippen LogP contribution in [0.1, 0.15) is 78.9 Å². The van der Waals surface area contributed by atoms with Crippen LogP contribution in [0.4, 0.5) is 5.69 Å². The van der Waals surface area contributed by atoms with Gasteiger partial charge in [0, 0.05) is 36.9 Å². The molecular weight excluding hydrogens is 649 g/mol. The Labute approximate surface area is 297 Å². The molecule has 3 aliphatic heterocycles. The topological polar surface area (TPSA) is 101 Å². The van der Waals surface area contributed by atoms with Crippen LogP contribution in [0.25, 0.3) is 0 Å². The molecule has 0 radical (unpaired) electrons. The lowest BCUT2D eigenvalue weighted by molar-refractivity contribution is -0.524. The molecule has 1 spiro atoms. The van der Waals surface area contributed by atoms with E-state index in [2.05, 4.69) is 51.6 Å². The number of Topliss-reactive ketones (excluding diaryl/α,β-unsaturated/α-hetero) is 1. The summed E-state index contributed by atoms with van der Waals surface area (Å²) in [6.07, 6.45) is 14.9. The number of carbonyl (C=O) groups excluding carboxylic acids is 2. The van der Waals surface area contributed by atoms with E-state index in [9.17, 15) is 13.8 Å². The molecule has 9 nitrogen and oxygen atoms in total. The van der Waals surface area contributed by atoms with Gasteiger partial charge >= 0.3 is 0 Å². The number of amides is 1. The zero-order chi connectivity index (χ0) is 34.9. The average Bonchev–Trinajstić information content (AvgIpc) is 3.44. The van der Waals surface area contributed by atoms with Crippen LogP contribution in [0.5, 0.6) is 5.75 Å². The Bertz CT molecular complexity index is 1860. The predicted molar refractivity (Wildman–Crippen MR) is 198 cm³/mol. The fourth-order valence-electron chi connectivity index (χ4n) is 8.59. The number of nitrogens with zero attached hydrogens (tertiary/aromatic N) is 4. The second kappa shape index (κ2) is 14.5. The summed E-state index contributed by atoms with van der Waals surface area (Å²) in [4.78, 5) is 29.5. The Kier molecular flexibility index (Phi) is 10.1. The van der Waals surface area contributed by atoms with E-state index in [0.29, 0.717) is 43.4 Å². The maximum absolute atomic E-state index is 14.4. The van der Waals surface area contributed by atoms with Gasteiger partial charge in [-0.25, -0.2) is 4.21 Å². The van der Waals surface area contributed by atoms with Crippen LogP contribution in [-0.4, -0.2) is 84.0 Å². The van der Waals surface area contributed by atoms with Crippen LogP contribution in [-0.2, 0) is 31.1 Å². The van der Waals surface area contributed by atoms with Crippen LogP contribution < -0.4 is 9.64 Å². The van der Waals surface area contributed by atoms with Gasteiger partial charge in [0.1, 0.15) is 5.75 Å². The number of ketones is 1. The Morgan fingerprint density at radius 2 is 2.06 bits per heavy atom. The van der Waals surface area contributed by atoms with E-state index in [4.69, 9.17) is 9.47 Å². The normalized spacial score (nSPS) is 31.4. The van der Waals surface area contributed by atoms with E-state index in [-0.39, 0.29) is 41.1 Å². The van der Waals surface area contributed by atoms with Gasteiger partial charge in [-0.05, 0) is 105 Å². The van der Waals surface area contributed by atoms with Crippen molar-refractivity contribution in [2.45, 2.75) is 76.7 Å². The molecule has 2 bridgehead atoms. The molecule has 1 unspecified atom stereocenters. The van der Waals surface area contributed by atoms with Crippen LogP contribution in [0.2, 0.25) is 0 Å². The molecule has 6 atom stereocenters. The molecule has 2 aromatic rings. The van der Waals surface area contributed by atoms with Crippen molar-refractivity contribution in [1.82, 2.24) is 0 Å². The van der Waals surface area contributed by atoms with Crippen molar-refractivity contribution in [3.8, 4) is 5.75 Å². The van der Waals surface area contributed by atoms with Gasteiger partial charge in [0.2, 0.25) is 0 Å². The predicted octanol–water partition coefficient (Wildman–Crippen LogP) is 6.15. The number of hydrazone groups is 1. The Morgan fingerprint density at radius 1 is 1.18 bits per heavy atom. The van der Waals surface area contributed by atoms with Crippen molar-refractivity contribution in [2.24, 2.45) is 27.2 Å². The molecule has 2 aliphatic carbocycles. The van der Waals surface area contributed by atoms with Crippen LogP contribution in [0, 0.1) is 24.7 Å². The maximum Gasteiger partial charge on any atom is 0.285 e. The molecule has 7 rings (SSSR count). The van der Waals surface area contributed by atoms with E-state index < -0.39 is 15.6 Å². The highest BCUT2D eigenvalue weighted by molar-refractivity contribution is 7.94. The summed E-state index contributed by atoms with van der Waals surface area (Å²) in [5.41, 5.74) is 5.13. The van der Waals surface area contributed by atoms with Crippen LogP contribution in [0.15, 0.2) is 58.0 Å². The maximum atomic E-state index is 14.4. The quantitative estimate of drug-likeness (QED) is 0.265. The molecule has 0 saturated heterocycles. The highest BCUT2D eigenvalue weighted by atomic mass is 32.2. The molecule has 1 fully saturated rings. The zero-order valence-corrected chi connectivity index (χ0v) is 30.5. The largest absolute Gasteiger partial charge is 0.490 e. The third-order valence-corrected chi connectivity index (χ3v) is 13.6. The van der Waals surface area contributed by atoms with Gasteiger partial charge in [-0.15, -0.1) is 0 Å². The van der Waals surface area contributed by atoms with Crippen molar-refractivity contribution in [3.63, 3.8) is 0 Å². The molecule has 1 saturated carbocycles. The van der Waals surface area contributed by atoms with Gasteiger partial charge in [0.05, 0.1) is 52.4 Å². The molecule has 2 aromatic carbocycles. The number of hydrogen-bond donors (Lipinski definition) is 0. The Morgan fingerprint density at radius 3 is 2.84 bits per heavy atom. The van der Waals surface area contributed by atoms with E-state index in [1.54, 1.807) is 17.9 Å². The third-order valence-electron chi connectivity index (χ3n) is 11.4. The second-order valence-electron chi connectivity index (χ2n) is 15.2. The van der Waals surface area contributed by atoms with Gasteiger partial charge in [-0.2, -0.15) is 4.36 Å². The fourth-order valence-corrected chi connectivity index (χ4v) is 10.6. The number of ether oxygens (including phenoxy) is 2. The number of carbonyl (C=O) groups is 2. The van der Waals surface area contributed by atoms with Crippen molar-refractivity contribution in [3.05, 3.63) is 70.8 Å². The molecule has 266 valence electrons. The van der Waals surface area contributed by atoms with Crippen LogP contribution in [0.3, 0.4) is 0 Å². The number of allylic oxidation sites excluding steroid dienone is 1. The summed E-state index contributed by atoms with van der Waals surface area (Å²) in [5, 5.41) is 4.30. The summed E-state index contributed by atoms with van der Waals surface area (Å²) in [6, 6.07) is 12.4. The van der Waals surface area contributed by atoms with Crippen molar-refractivity contribution in [2.75, 3.05) is 49.8 Å². The molecular formula is C40H51N4O5S+. The highest BCUT2D eigenvalue weighted by Gasteiger charge is 2.44. The number of benzene rings is 2. The molecule has 0 N–H and O–H groups in total. The molecule has 0 aromatic heterocycles. The molecule has 1 amide bonds. The number of aryl methyl sites for hydroxylation is 2. The van der Waals surface area contributed by atoms with Gasteiger partial charge in [0.15, 0.2) is 18.5 Å². The molecule has 3 heterocycles. The summed E-state index contributed by atoms with van der Waals surface area (Å²) in [7, 11) is -1.36. The number of rotatable bonds is 6. The lowest BCUT2D eigenvalue weighted by Gasteiger charge is -2.46. The minimum Gasteiger partial charge on any atom is -0.490 e. The van der Waals surface area contributed by atoms with E-state index in [1.165, 1.54) is 16.7 Å². The average molecular weight is 700 g/mol. The first-order valence-electron chi connectivity index (χ1n) is 18.4. The zero-order valence-electron chi connectivity index (χ0n) is 29.7. The summed E-state index contributed by atoms with van der Waals surface area (Å²) in [5.74, 6) is 0.997. The number of anilines is 1. The first-order chi connectivity index (χ1) is 24.1. The SMILES string of the molecule is CO[C@H]1/C=C/CCC[S@@](=O)(CC(=O)CC[N+]2=CC(C)C=N2)=NC(=O)c2ccc3c(c2)N(C[C@@H]2CC[C@H]21)C[C@@]1(CCCc2cc(C)ccc21)CO3. The first kappa shape index (κ1) is 34.8. The lowest BCUT2D eigenvalue weighted by Crippen LogP contribution is -2.49. The summed E-state index contributed by atoms with van der Waals surface area (Å²) < 4.78 is 33.2. The van der Waals surface area contributed by atoms with E-state index in [0.717, 1.165) is 56.6 Å². The second-order valence-corrected chi connectivity index (χ2v) is 17.6. The minimum absolute atomic E-state index is 0.00648. The van der Waals surface area contributed by atoms with Crippen LogP contribution >= 0.6 is 0 Å². The highest BCUT2D eigenvalue weighted by Crippen LogP contribution is 2.47. The fraction of sp³-hybridized carbons (Fsp3) is 0.550. The molecule has 10 heteroatoms. The lowest BCUT2D eigenvalue weighted by atomic mass is 9.68. The smallest absolute Gasteiger partial charge is 0.285 e. The molecule has 5 aliphatic rings. The van der Waals surface area contributed by atoms with Crippen molar-refractivity contribution >= 4 is 39.5 Å². The number of methoxy groups -OCH3 is 1. The number of fused-ring (bicyclic) bond motifs is 4. The first-order valence-corrected chi connectivity index (χ1v) is 20.2. The van der Waals surface area contributed by atoms with E-state index in [1.807, 2.05) is 31.5 Å². The van der Waals surface area contributed by atoms with Gasteiger partial charge < -0.3 is 14.4 Å². The van der Waals surface area contributed by atoms with Crippen molar-refractivity contribution < 1.29 is 28.0 Å². The third kappa shape index (κ3) is 7.38. The van der Waals surface area contributed by atoms with Gasteiger partial charge in [-0.1, -0.05) is 40.6 Å². The van der Waals surface area contributed by atoms with E-state index >= 15 is 0 Å². The van der Waals surface area contributed by atoms with Crippen molar-refractivity contribution in [1.29, 1.82) is 0 Å². The molecule has 50 heavy (non-hydrogen) atoms. The standard InChI is InChI=1S/C40H51N4O5S/c1-28-10-14-35-30(20-28)8-7-17-40(35)26-43-24-32-11-13-34(32)37(48-3)9-5-4-6-19-50(47,25-33(45)16-18-44-23-29(2)22-41-44)42-39(46)31-12-15-38(49-27-40)36(43)21-31/h5,9-10,12,14-15,20-23,29,32,34,37H,4,6-8,11,13,16-19,24-27H2,1-3H3/q+1/b9-5+/t29?,32-,34+,37-,40-,50+/m0/s1. The van der Waals surface area contributed by atoms with Gasteiger partial charge in [0.25, 0.3) is 5.91 Å². The summed E-state index contributed by atoms with van der Waals surface area (Å²) >= 11 is 0. The Balaban J connectivity index is 1.24. The monoisotopic (exact) mass is 699 g/mol. The Hall–Kier alpha value is -3.63. The van der Waals surface area contributed by atoms with Gasteiger partial charge in [-0.3, -0.25) is 9.59 Å². The number of hydrogen-bond acceptors (Lipinski definition) is 7. The minimum atomic E-state index is -3.15. The summed E-state index contributed by atoms with van der Waals surface area (Å²) in [6.45, 7) is 6.78.